The molecule has 0 aliphatic carbocycles. The zero-order valence-electron chi connectivity index (χ0n) is 9.92. The Balaban J connectivity index is 2.98. The van der Waals surface area contributed by atoms with Gasteiger partial charge in [0.1, 0.15) is 5.76 Å². The fraction of sp³-hybridized carbons (Fsp3) is 0.500. The number of methoxy groups -OCH3 is 1. The molecule has 0 bridgehead atoms. The second-order valence-electron chi connectivity index (χ2n) is 3.63. The number of nitrogens with zero attached hydrogens (tertiary/aromatic N) is 1. The van der Waals surface area contributed by atoms with E-state index in [1.165, 1.54) is 0 Å². The molecule has 1 fully saturated rings. The molecule has 3 nitrogen and oxygen atoms in total. The second kappa shape index (κ2) is 6.76. The number of hydrogen-bond acceptors (Lipinski definition) is 3. The van der Waals surface area contributed by atoms with Crippen molar-refractivity contribution in [1.29, 1.82) is 0 Å². The van der Waals surface area contributed by atoms with Gasteiger partial charge in [-0.05, 0) is 23.6 Å². The first-order valence-electron chi connectivity index (χ1n) is 5.39. The third kappa shape index (κ3) is 3.68. The molecule has 0 unspecified atom stereocenters. The van der Waals surface area contributed by atoms with E-state index in [-0.39, 0.29) is 0 Å². The van der Waals surface area contributed by atoms with Crippen molar-refractivity contribution < 1.29 is 4.74 Å². The minimum Gasteiger partial charge on any atom is -0.495 e. The van der Waals surface area contributed by atoms with Crippen LogP contribution in [-0.4, -0.2) is 38.2 Å². The van der Waals surface area contributed by atoms with Gasteiger partial charge in [0.05, 0.1) is 12.8 Å². The number of ether oxygens (including phenoxy) is 1. The first-order valence-corrected chi connectivity index (χ1v) is 6.18. The van der Waals surface area contributed by atoms with E-state index >= 15 is 0 Å². The van der Waals surface area contributed by atoms with Gasteiger partial charge in [0.25, 0.3) is 0 Å². The van der Waals surface area contributed by atoms with E-state index in [9.17, 15) is 0 Å². The quantitative estimate of drug-likeness (QED) is 0.634. The van der Waals surface area contributed by atoms with Gasteiger partial charge in [-0.3, -0.25) is 0 Å². The molecule has 16 heavy (non-hydrogen) atoms. The van der Waals surface area contributed by atoms with Gasteiger partial charge in [0, 0.05) is 26.2 Å². The maximum Gasteiger partial charge on any atom is 0.141 e. The first-order chi connectivity index (χ1) is 7.69. The van der Waals surface area contributed by atoms with Crippen LogP contribution >= 0.6 is 15.9 Å². The van der Waals surface area contributed by atoms with Gasteiger partial charge in [-0.2, -0.15) is 0 Å². The van der Waals surface area contributed by atoms with Gasteiger partial charge in [-0.25, -0.2) is 0 Å². The molecule has 0 amide bonds. The first kappa shape index (κ1) is 13.3. The minimum absolute atomic E-state index is 0.820. The Morgan fingerprint density at radius 2 is 2.06 bits per heavy atom. The molecule has 1 N–H and O–H groups in total. The largest absolute Gasteiger partial charge is 0.495 e. The molecule has 0 radical (unpaired) electrons. The molecule has 0 aromatic rings. The van der Waals surface area contributed by atoms with Crippen LogP contribution in [0.4, 0.5) is 0 Å². The molecule has 0 aromatic carbocycles. The Hall–Kier alpha value is -0.740. The van der Waals surface area contributed by atoms with Crippen molar-refractivity contribution in [2.75, 3.05) is 33.3 Å². The standard InChI is InChI=1S/C12H19BrN2O/c1-4-12(16-3)11(9-10(2)13)15-7-5-14-6-8-15/h4,9,14H,1,5-8H2,2-3H3/b10-9+,12-11-. The lowest BCUT2D eigenvalue weighted by Crippen LogP contribution is -2.43. The van der Waals surface area contributed by atoms with Crippen molar-refractivity contribution in [3.05, 3.63) is 34.7 Å². The summed E-state index contributed by atoms with van der Waals surface area (Å²) in [6, 6.07) is 0. The fourth-order valence-electron chi connectivity index (χ4n) is 1.70. The summed E-state index contributed by atoms with van der Waals surface area (Å²) in [4.78, 5) is 2.31. The topological polar surface area (TPSA) is 24.5 Å². The van der Waals surface area contributed by atoms with Crippen molar-refractivity contribution in [3.63, 3.8) is 0 Å². The predicted octanol–water partition coefficient (Wildman–Crippen LogP) is 2.23. The summed E-state index contributed by atoms with van der Waals surface area (Å²) in [6.07, 6.45) is 3.83. The zero-order chi connectivity index (χ0) is 12.0. The van der Waals surface area contributed by atoms with Crippen LogP contribution in [0.2, 0.25) is 0 Å². The van der Waals surface area contributed by atoms with Crippen LogP contribution in [-0.2, 0) is 4.74 Å². The summed E-state index contributed by atoms with van der Waals surface area (Å²) < 4.78 is 6.43. The number of nitrogens with one attached hydrogen (secondary N) is 1. The monoisotopic (exact) mass is 286 g/mol. The number of hydrogen-bond donors (Lipinski definition) is 1. The van der Waals surface area contributed by atoms with E-state index < -0.39 is 0 Å². The van der Waals surface area contributed by atoms with Crippen molar-refractivity contribution in [3.8, 4) is 0 Å². The lowest BCUT2D eigenvalue weighted by atomic mass is 10.2. The number of rotatable bonds is 4. The van der Waals surface area contributed by atoms with Crippen LogP contribution in [0.15, 0.2) is 34.7 Å². The molecule has 1 saturated heterocycles. The molecule has 1 aliphatic rings. The van der Waals surface area contributed by atoms with Crippen molar-refractivity contribution in [2.45, 2.75) is 6.92 Å². The average molecular weight is 287 g/mol. The maximum atomic E-state index is 5.35. The minimum atomic E-state index is 0.820. The molecule has 0 saturated carbocycles. The third-order valence-corrected chi connectivity index (χ3v) is 2.68. The number of allylic oxidation sites excluding steroid dienone is 3. The molecule has 90 valence electrons. The Morgan fingerprint density at radius 1 is 1.44 bits per heavy atom. The van der Waals surface area contributed by atoms with Crippen LogP contribution in [0.1, 0.15) is 6.92 Å². The molecule has 0 aromatic heterocycles. The summed E-state index contributed by atoms with van der Waals surface area (Å²) in [5.74, 6) is 0.820. The summed E-state index contributed by atoms with van der Waals surface area (Å²) in [5, 5.41) is 3.33. The Bertz CT molecular complexity index is 300. The van der Waals surface area contributed by atoms with Crippen molar-refractivity contribution >= 4 is 15.9 Å². The van der Waals surface area contributed by atoms with Gasteiger partial charge >= 0.3 is 0 Å². The van der Waals surface area contributed by atoms with Crippen LogP contribution in [0.3, 0.4) is 0 Å². The highest BCUT2D eigenvalue weighted by atomic mass is 79.9. The maximum absolute atomic E-state index is 5.35. The molecule has 0 spiro atoms. The number of halogens is 1. The predicted molar refractivity (Wildman–Crippen MR) is 71.4 cm³/mol. The van der Waals surface area contributed by atoms with Crippen LogP contribution in [0, 0.1) is 0 Å². The Kier molecular flexibility index (Phi) is 5.63. The van der Waals surface area contributed by atoms with E-state index in [0.717, 1.165) is 42.1 Å². The van der Waals surface area contributed by atoms with Crippen molar-refractivity contribution in [1.82, 2.24) is 10.2 Å². The lowest BCUT2D eigenvalue weighted by molar-refractivity contribution is 0.257. The summed E-state index contributed by atoms with van der Waals surface area (Å²) in [5.41, 5.74) is 1.09. The Morgan fingerprint density at radius 3 is 2.50 bits per heavy atom. The number of piperazine rings is 1. The van der Waals surface area contributed by atoms with Crippen LogP contribution in [0.5, 0.6) is 0 Å². The third-order valence-electron chi connectivity index (χ3n) is 2.45. The van der Waals surface area contributed by atoms with Crippen LogP contribution < -0.4 is 5.32 Å². The van der Waals surface area contributed by atoms with Crippen molar-refractivity contribution in [2.24, 2.45) is 0 Å². The average Bonchev–Trinajstić information content (AvgIpc) is 2.30. The Labute approximate surface area is 106 Å². The highest BCUT2D eigenvalue weighted by molar-refractivity contribution is 9.11. The highest BCUT2D eigenvalue weighted by Crippen LogP contribution is 2.18. The smallest absolute Gasteiger partial charge is 0.141 e. The molecule has 1 rings (SSSR count). The molecular formula is C12H19BrN2O. The lowest BCUT2D eigenvalue weighted by Gasteiger charge is -2.31. The van der Waals surface area contributed by atoms with E-state index in [1.807, 2.05) is 6.92 Å². The van der Waals surface area contributed by atoms with E-state index in [0.29, 0.717) is 0 Å². The summed E-state index contributed by atoms with van der Waals surface area (Å²) >= 11 is 3.46. The van der Waals surface area contributed by atoms with E-state index in [2.05, 4.69) is 38.8 Å². The van der Waals surface area contributed by atoms with Gasteiger partial charge in [0.15, 0.2) is 0 Å². The van der Waals surface area contributed by atoms with Crippen LogP contribution in [0.25, 0.3) is 0 Å². The highest BCUT2D eigenvalue weighted by Gasteiger charge is 2.14. The van der Waals surface area contributed by atoms with E-state index in [4.69, 9.17) is 4.74 Å². The van der Waals surface area contributed by atoms with Gasteiger partial charge in [0.2, 0.25) is 0 Å². The fourth-order valence-corrected chi connectivity index (χ4v) is 1.92. The SMILES string of the molecule is C=C/C(OC)=C(\C=C(/C)Br)N1CCNCC1. The zero-order valence-corrected chi connectivity index (χ0v) is 11.5. The normalized spacial score (nSPS) is 19.2. The molecule has 1 aliphatic heterocycles. The summed E-state index contributed by atoms with van der Waals surface area (Å²) in [6.45, 7) is 9.80. The van der Waals surface area contributed by atoms with Gasteiger partial charge in [-0.15, -0.1) is 0 Å². The second-order valence-corrected chi connectivity index (χ2v) is 4.88. The van der Waals surface area contributed by atoms with Gasteiger partial charge < -0.3 is 15.0 Å². The molecule has 0 atom stereocenters. The van der Waals surface area contributed by atoms with Gasteiger partial charge in [-0.1, -0.05) is 22.5 Å². The molecule has 1 heterocycles. The molecule has 4 heteroatoms. The summed E-state index contributed by atoms with van der Waals surface area (Å²) in [7, 11) is 1.68. The molecular weight excluding hydrogens is 268 g/mol. The van der Waals surface area contributed by atoms with E-state index in [1.54, 1.807) is 13.2 Å².